The van der Waals surface area contributed by atoms with E-state index in [1.165, 1.54) is 24.4 Å². The Kier molecular flexibility index (Phi) is 7.45. The van der Waals surface area contributed by atoms with Gasteiger partial charge in [-0.2, -0.15) is 0 Å². The predicted octanol–water partition coefficient (Wildman–Crippen LogP) is 5.24. The van der Waals surface area contributed by atoms with Crippen LogP contribution in [0.1, 0.15) is 35.0 Å². The van der Waals surface area contributed by atoms with Gasteiger partial charge in [-0.1, -0.05) is 18.2 Å². The number of H-pyrrole nitrogens is 2. The third-order valence-corrected chi connectivity index (χ3v) is 8.92. The summed E-state index contributed by atoms with van der Waals surface area (Å²) in [4.78, 5) is 12.5. The van der Waals surface area contributed by atoms with E-state index >= 15 is 8.78 Å². The number of sulfone groups is 1. The molecule has 1 aliphatic rings. The Morgan fingerprint density at radius 2 is 1.95 bits per heavy atom. The lowest BCUT2D eigenvalue weighted by atomic mass is 9.93. The molecule has 4 N–H and O–H groups in total. The molecule has 0 saturated heterocycles. The fourth-order valence-corrected chi connectivity index (χ4v) is 6.79. The molecule has 1 unspecified atom stereocenters. The number of aliphatic hydroxyl groups excluding tert-OH is 1. The second-order valence-electron chi connectivity index (χ2n) is 10.7. The van der Waals surface area contributed by atoms with Gasteiger partial charge in [0.2, 0.25) is 0 Å². The molecule has 2 aromatic heterocycles. The van der Waals surface area contributed by atoms with Gasteiger partial charge in [0.15, 0.2) is 21.4 Å². The molecular weight excluding hydrogens is 578 g/mol. The lowest BCUT2D eigenvalue weighted by molar-refractivity contribution is 0.254. The first-order valence-electron chi connectivity index (χ1n) is 13.7. The van der Waals surface area contributed by atoms with Crippen LogP contribution in [0, 0.1) is 11.6 Å². The third kappa shape index (κ3) is 5.26. The molecule has 1 aliphatic heterocycles. The lowest BCUT2D eigenvalue weighted by Crippen LogP contribution is -2.33. The average molecular weight is 609 g/mol. The van der Waals surface area contributed by atoms with Gasteiger partial charge in [-0.3, -0.25) is 4.90 Å². The van der Waals surface area contributed by atoms with Crippen molar-refractivity contribution < 1.29 is 32.1 Å². The molecular formula is C31H30F2N4O5S. The van der Waals surface area contributed by atoms with Crippen LogP contribution in [0.25, 0.3) is 22.3 Å². The Balaban J connectivity index is 1.40. The number of benzene rings is 3. The summed E-state index contributed by atoms with van der Waals surface area (Å²) in [5.41, 5.74) is 3.14. The molecule has 12 heteroatoms. The fourth-order valence-electron chi connectivity index (χ4n) is 5.73. The second kappa shape index (κ2) is 11.1. The highest BCUT2D eigenvalue weighted by Crippen LogP contribution is 2.41. The highest BCUT2D eigenvalue weighted by atomic mass is 32.2. The highest BCUT2D eigenvalue weighted by Gasteiger charge is 2.33. The molecule has 3 heterocycles. The SMILES string of the molecule is CN1CCc2[nH]c(-c3cc(Oc4c(F)cc5[nH]ccc5c4S(C)(=O)=O)ccc3F)nc2C1c1cccc(CCCO)c1O. The van der Waals surface area contributed by atoms with Gasteiger partial charge in [-0.15, -0.1) is 0 Å². The highest BCUT2D eigenvalue weighted by molar-refractivity contribution is 7.91. The normalized spacial score (nSPS) is 15.6. The molecule has 0 saturated carbocycles. The monoisotopic (exact) mass is 608 g/mol. The van der Waals surface area contributed by atoms with Crippen molar-refractivity contribution in [3.8, 4) is 28.6 Å². The van der Waals surface area contributed by atoms with Crippen LogP contribution in [-0.2, 0) is 22.7 Å². The number of rotatable bonds is 8. The number of fused-ring (bicyclic) bond motifs is 2. The summed E-state index contributed by atoms with van der Waals surface area (Å²) in [7, 11) is -1.99. The van der Waals surface area contributed by atoms with Gasteiger partial charge in [0, 0.05) is 60.3 Å². The topological polar surface area (TPSA) is 132 Å². The van der Waals surface area contributed by atoms with Crippen molar-refractivity contribution in [2.45, 2.75) is 30.2 Å². The Bertz CT molecular complexity index is 1950. The zero-order chi connectivity index (χ0) is 30.5. The first kappa shape index (κ1) is 28.8. The van der Waals surface area contributed by atoms with Crippen LogP contribution in [0.4, 0.5) is 8.78 Å². The van der Waals surface area contributed by atoms with Crippen molar-refractivity contribution in [2.75, 3.05) is 26.5 Å². The van der Waals surface area contributed by atoms with Gasteiger partial charge in [0.25, 0.3) is 0 Å². The second-order valence-corrected chi connectivity index (χ2v) is 12.7. The van der Waals surface area contributed by atoms with E-state index in [1.807, 2.05) is 25.2 Å². The number of para-hydroxylation sites is 1. The third-order valence-electron chi connectivity index (χ3n) is 7.78. The van der Waals surface area contributed by atoms with E-state index in [2.05, 4.69) is 14.9 Å². The van der Waals surface area contributed by atoms with Crippen LogP contribution >= 0.6 is 0 Å². The van der Waals surface area contributed by atoms with E-state index in [0.29, 0.717) is 42.6 Å². The van der Waals surface area contributed by atoms with E-state index in [9.17, 15) is 18.6 Å². The Hall–Kier alpha value is -4.26. The molecule has 6 rings (SSSR count). The quantitative estimate of drug-likeness (QED) is 0.190. The molecule has 5 aromatic rings. The number of aromatic nitrogens is 3. The predicted molar refractivity (Wildman–Crippen MR) is 157 cm³/mol. The van der Waals surface area contributed by atoms with Crippen LogP contribution in [-0.4, -0.2) is 64.9 Å². The fraction of sp³-hybridized carbons (Fsp3) is 0.258. The van der Waals surface area contributed by atoms with Crippen LogP contribution in [0.3, 0.4) is 0 Å². The van der Waals surface area contributed by atoms with Crippen LogP contribution in [0.15, 0.2) is 59.6 Å². The van der Waals surface area contributed by atoms with Crippen molar-refractivity contribution in [1.29, 1.82) is 0 Å². The number of aliphatic hydroxyl groups is 1. The summed E-state index contributed by atoms with van der Waals surface area (Å²) in [6.45, 7) is 0.664. The van der Waals surface area contributed by atoms with Gasteiger partial charge in [-0.05, 0) is 49.7 Å². The number of halogens is 2. The number of nitrogens with one attached hydrogen (secondary N) is 2. The number of nitrogens with zero attached hydrogens (tertiary/aromatic N) is 2. The molecule has 9 nitrogen and oxygen atoms in total. The number of aromatic amines is 2. The number of hydrogen-bond donors (Lipinski definition) is 4. The minimum atomic E-state index is -3.91. The van der Waals surface area contributed by atoms with Gasteiger partial charge in [-0.25, -0.2) is 22.2 Å². The number of phenolic OH excluding ortho intramolecular Hbond substituents is 1. The van der Waals surface area contributed by atoms with Gasteiger partial charge in [0.05, 0.1) is 17.3 Å². The van der Waals surface area contributed by atoms with Gasteiger partial charge < -0.3 is 24.9 Å². The summed E-state index contributed by atoms with van der Waals surface area (Å²) in [6, 6.07) is 11.5. The smallest absolute Gasteiger partial charge is 0.182 e. The summed E-state index contributed by atoms with van der Waals surface area (Å²) in [5.74, 6) is -1.61. The first-order valence-corrected chi connectivity index (χ1v) is 15.6. The Labute approximate surface area is 246 Å². The Morgan fingerprint density at radius 3 is 2.72 bits per heavy atom. The van der Waals surface area contributed by atoms with Crippen molar-refractivity contribution >= 4 is 20.7 Å². The molecule has 0 aliphatic carbocycles. The summed E-state index contributed by atoms with van der Waals surface area (Å²) >= 11 is 0. The largest absolute Gasteiger partial charge is 0.507 e. The average Bonchev–Trinajstić information content (AvgIpc) is 3.60. The van der Waals surface area contributed by atoms with E-state index in [4.69, 9.17) is 9.72 Å². The van der Waals surface area contributed by atoms with Crippen LogP contribution in [0.5, 0.6) is 17.2 Å². The molecule has 224 valence electrons. The summed E-state index contributed by atoms with van der Waals surface area (Å²) in [6.07, 6.45) is 4.12. The maximum absolute atomic E-state index is 15.2. The molecule has 0 amide bonds. The summed E-state index contributed by atoms with van der Waals surface area (Å²) < 4.78 is 61.5. The maximum atomic E-state index is 15.2. The van der Waals surface area contributed by atoms with Crippen molar-refractivity contribution in [1.82, 2.24) is 19.9 Å². The minimum absolute atomic E-state index is 0.0111. The molecule has 0 bridgehead atoms. The maximum Gasteiger partial charge on any atom is 0.182 e. The zero-order valence-corrected chi connectivity index (χ0v) is 24.3. The molecule has 0 fully saturated rings. The van der Waals surface area contributed by atoms with E-state index in [0.717, 1.165) is 29.6 Å². The van der Waals surface area contributed by atoms with E-state index in [-0.39, 0.29) is 39.8 Å². The van der Waals surface area contributed by atoms with E-state index in [1.54, 1.807) is 0 Å². The molecule has 3 aromatic carbocycles. The van der Waals surface area contributed by atoms with Gasteiger partial charge >= 0.3 is 0 Å². The first-order chi connectivity index (χ1) is 20.6. The van der Waals surface area contributed by atoms with Crippen molar-refractivity contribution in [3.63, 3.8) is 0 Å². The molecule has 0 spiro atoms. The number of imidazole rings is 1. The number of hydrogen-bond acceptors (Lipinski definition) is 7. The van der Waals surface area contributed by atoms with E-state index < -0.39 is 33.3 Å². The lowest BCUT2D eigenvalue weighted by Gasteiger charge is -2.32. The Morgan fingerprint density at radius 1 is 1.14 bits per heavy atom. The zero-order valence-electron chi connectivity index (χ0n) is 23.5. The van der Waals surface area contributed by atoms with Crippen LogP contribution < -0.4 is 4.74 Å². The molecule has 43 heavy (non-hydrogen) atoms. The standard InChI is InChI=1S/C31H30F2N4O5S/c1-37-13-11-24-26(27(37)20-7-3-5-17(28(20)39)6-4-14-38)36-31(35-24)21-15-18(8-9-22(21)32)42-29-23(33)16-25-19(10-12-34-25)30(29)43(2,40)41/h3,5,7-10,12,15-16,27,34,38-39H,4,6,11,13-14H2,1-2H3,(H,35,36). The van der Waals surface area contributed by atoms with Crippen molar-refractivity contribution in [2.24, 2.45) is 0 Å². The number of likely N-dealkylation sites (N-methyl/N-ethyl adjacent to an activating group) is 1. The van der Waals surface area contributed by atoms with Crippen molar-refractivity contribution in [3.05, 3.63) is 88.9 Å². The minimum Gasteiger partial charge on any atom is -0.507 e. The molecule has 1 atom stereocenters. The number of aromatic hydroxyl groups is 1. The molecule has 0 radical (unpaired) electrons. The van der Waals surface area contributed by atoms with Gasteiger partial charge in [0.1, 0.15) is 28.0 Å². The van der Waals surface area contributed by atoms with Crippen LogP contribution in [0.2, 0.25) is 0 Å². The number of phenols is 1. The number of aryl methyl sites for hydroxylation is 1. The number of ether oxygens (including phenoxy) is 1. The summed E-state index contributed by atoms with van der Waals surface area (Å²) in [5, 5.41) is 20.6.